The quantitative estimate of drug-likeness (QED) is 0.802. The number of benzene rings is 1. The van der Waals surface area contributed by atoms with Gasteiger partial charge in [-0.3, -0.25) is 0 Å². The molecule has 20 heavy (non-hydrogen) atoms. The molecule has 2 unspecified atom stereocenters. The SMILES string of the molecule is CCNC(c1cc(Br)c(C)cc1Br)C1CCS(=O)(=O)C1. The third kappa shape index (κ3) is 3.64. The molecular formula is C14H19Br2NO2S. The maximum Gasteiger partial charge on any atom is 0.150 e. The van der Waals surface area contributed by atoms with Gasteiger partial charge in [-0.2, -0.15) is 0 Å². The lowest BCUT2D eigenvalue weighted by Crippen LogP contribution is -2.29. The number of aryl methyl sites for hydroxylation is 1. The maximum absolute atomic E-state index is 11.7. The highest BCUT2D eigenvalue weighted by Gasteiger charge is 2.34. The van der Waals surface area contributed by atoms with Crippen LogP contribution in [0.25, 0.3) is 0 Å². The van der Waals surface area contributed by atoms with Crippen molar-refractivity contribution < 1.29 is 8.42 Å². The van der Waals surface area contributed by atoms with Gasteiger partial charge in [0.25, 0.3) is 0 Å². The second kappa shape index (κ2) is 6.46. The molecule has 2 atom stereocenters. The van der Waals surface area contributed by atoms with Crippen LogP contribution in [-0.2, 0) is 9.84 Å². The van der Waals surface area contributed by atoms with Crippen molar-refractivity contribution in [1.29, 1.82) is 0 Å². The molecule has 1 aliphatic rings. The fourth-order valence-corrected chi connectivity index (χ4v) is 5.64. The van der Waals surface area contributed by atoms with Crippen LogP contribution in [0.5, 0.6) is 0 Å². The Hall–Kier alpha value is 0.0900. The molecule has 1 fully saturated rings. The Kier molecular flexibility index (Phi) is 5.32. The third-order valence-corrected chi connectivity index (χ3v) is 7.11. The topological polar surface area (TPSA) is 46.2 Å². The lowest BCUT2D eigenvalue weighted by molar-refractivity contribution is 0.399. The average Bonchev–Trinajstić information content (AvgIpc) is 2.71. The summed E-state index contributed by atoms with van der Waals surface area (Å²) in [6, 6.07) is 4.24. The second-order valence-electron chi connectivity index (χ2n) is 5.32. The first kappa shape index (κ1) is 16.5. The highest BCUT2D eigenvalue weighted by atomic mass is 79.9. The number of nitrogens with one attached hydrogen (secondary N) is 1. The predicted molar refractivity (Wildman–Crippen MR) is 89.8 cm³/mol. The molecule has 1 saturated heterocycles. The average molecular weight is 425 g/mol. The Morgan fingerprint density at radius 1 is 1.35 bits per heavy atom. The van der Waals surface area contributed by atoms with Crippen molar-refractivity contribution >= 4 is 41.7 Å². The van der Waals surface area contributed by atoms with E-state index in [2.05, 4.69) is 49.3 Å². The summed E-state index contributed by atoms with van der Waals surface area (Å²) < 4.78 is 25.6. The standard InChI is InChI=1S/C14H19Br2NO2S/c1-3-17-14(10-4-5-20(18,19)8-10)11-7-12(15)9(2)6-13(11)16/h6-7,10,14,17H,3-5,8H2,1-2H3. The molecule has 1 aromatic rings. The van der Waals surface area contributed by atoms with E-state index in [9.17, 15) is 8.42 Å². The lowest BCUT2D eigenvalue weighted by Gasteiger charge is -2.25. The van der Waals surface area contributed by atoms with Crippen LogP contribution in [-0.4, -0.2) is 26.5 Å². The van der Waals surface area contributed by atoms with Gasteiger partial charge in [-0.05, 0) is 49.1 Å². The van der Waals surface area contributed by atoms with E-state index in [0.29, 0.717) is 5.75 Å². The molecule has 1 N–H and O–H groups in total. The third-order valence-electron chi connectivity index (χ3n) is 3.78. The van der Waals surface area contributed by atoms with Gasteiger partial charge >= 0.3 is 0 Å². The van der Waals surface area contributed by atoms with Gasteiger partial charge in [0, 0.05) is 15.0 Å². The normalized spacial score (nSPS) is 22.9. The number of hydrogen-bond acceptors (Lipinski definition) is 3. The van der Waals surface area contributed by atoms with Crippen molar-refractivity contribution in [3.05, 3.63) is 32.2 Å². The molecular weight excluding hydrogens is 406 g/mol. The van der Waals surface area contributed by atoms with Gasteiger partial charge in [0.15, 0.2) is 9.84 Å². The molecule has 0 amide bonds. The Morgan fingerprint density at radius 3 is 2.60 bits per heavy atom. The fourth-order valence-electron chi connectivity index (χ4n) is 2.74. The molecule has 1 aliphatic heterocycles. The van der Waals surface area contributed by atoms with Crippen molar-refractivity contribution in [2.75, 3.05) is 18.1 Å². The summed E-state index contributed by atoms with van der Waals surface area (Å²) in [6.45, 7) is 4.91. The zero-order chi connectivity index (χ0) is 14.9. The van der Waals surface area contributed by atoms with Gasteiger partial charge < -0.3 is 5.32 Å². The smallest absolute Gasteiger partial charge is 0.150 e. The first-order chi connectivity index (χ1) is 9.34. The Bertz CT molecular complexity index is 601. The van der Waals surface area contributed by atoms with E-state index >= 15 is 0 Å². The largest absolute Gasteiger partial charge is 0.310 e. The molecule has 1 aromatic carbocycles. The molecule has 0 radical (unpaired) electrons. The Labute approximate surface area is 137 Å². The van der Waals surface area contributed by atoms with Crippen molar-refractivity contribution in [2.24, 2.45) is 5.92 Å². The van der Waals surface area contributed by atoms with Crippen LogP contribution in [0.15, 0.2) is 21.1 Å². The monoisotopic (exact) mass is 423 g/mol. The summed E-state index contributed by atoms with van der Waals surface area (Å²) in [6.07, 6.45) is 0.734. The highest BCUT2D eigenvalue weighted by Crippen LogP contribution is 2.37. The van der Waals surface area contributed by atoms with Gasteiger partial charge in [-0.15, -0.1) is 0 Å². The summed E-state index contributed by atoms with van der Waals surface area (Å²) in [7, 11) is -2.86. The Morgan fingerprint density at radius 2 is 2.05 bits per heavy atom. The molecule has 3 nitrogen and oxygen atoms in total. The summed E-state index contributed by atoms with van der Waals surface area (Å²) in [5.41, 5.74) is 2.29. The fraction of sp³-hybridized carbons (Fsp3) is 0.571. The molecule has 0 bridgehead atoms. The van der Waals surface area contributed by atoms with Crippen LogP contribution in [0, 0.1) is 12.8 Å². The van der Waals surface area contributed by atoms with Crippen LogP contribution < -0.4 is 5.32 Å². The maximum atomic E-state index is 11.7. The van der Waals surface area contributed by atoms with Crippen LogP contribution in [0.4, 0.5) is 0 Å². The van der Waals surface area contributed by atoms with Crippen molar-refractivity contribution in [1.82, 2.24) is 5.32 Å². The first-order valence-electron chi connectivity index (χ1n) is 6.73. The van der Waals surface area contributed by atoms with Gasteiger partial charge in [0.2, 0.25) is 0 Å². The zero-order valence-electron chi connectivity index (χ0n) is 11.6. The van der Waals surface area contributed by atoms with E-state index < -0.39 is 9.84 Å². The molecule has 0 saturated carbocycles. The van der Waals surface area contributed by atoms with E-state index in [1.807, 2.05) is 13.8 Å². The molecule has 6 heteroatoms. The van der Waals surface area contributed by atoms with Gasteiger partial charge in [-0.1, -0.05) is 38.8 Å². The molecule has 0 aliphatic carbocycles. The van der Waals surface area contributed by atoms with E-state index in [0.717, 1.165) is 33.0 Å². The van der Waals surface area contributed by atoms with Crippen molar-refractivity contribution in [3.63, 3.8) is 0 Å². The van der Waals surface area contributed by atoms with Gasteiger partial charge in [0.05, 0.1) is 11.5 Å². The van der Waals surface area contributed by atoms with Crippen LogP contribution in [0.3, 0.4) is 0 Å². The Balaban J connectivity index is 2.36. The first-order valence-corrected chi connectivity index (χ1v) is 10.1. The van der Waals surface area contributed by atoms with Crippen LogP contribution >= 0.6 is 31.9 Å². The van der Waals surface area contributed by atoms with Crippen LogP contribution in [0.2, 0.25) is 0 Å². The van der Waals surface area contributed by atoms with Gasteiger partial charge in [-0.25, -0.2) is 8.42 Å². The van der Waals surface area contributed by atoms with E-state index in [4.69, 9.17) is 0 Å². The number of rotatable bonds is 4. The second-order valence-corrected chi connectivity index (χ2v) is 9.26. The van der Waals surface area contributed by atoms with Crippen LogP contribution in [0.1, 0.15) is 30.5 Å². The molecule has 0 aromatic heterocycles. The highest BCUT2D eigenvalue weighted by molar-refractivity contribution is 9.11. The molecule has 2 rings (SSSR count). The van der Waals surface area contributed by atoms with E-state index in [-0.39, 0.29) is 17.7 Å². The number of halogens is 2. The van der Waals surface area contributed by atoms with E-state index in [1.54, 1.807) is 0 Å². The predicted octanol–water partition coefficient (Wildman–Crippen LogP) is 3.61. The summed E-state index contributed by atoms with van der Waals surface area (Å²) >= 11 is 7.18. The minimum atomic E-state index is -2.86. The minimum absolute atomic E-state index is 0.0727. The van der Waals surface area contributed by atoms with E-state index in [1.165, 1.54) is 0 Å². The number of hydrogen-bond donors (Lipinski definition) is 1. The molecule has 0 spiro atoms. The summed E-state index contributed by atoms with van der Waals surface area (Å²) in [4.78, 5) is 0. The molecule has 112 valence electrons. The number of sulfone groups is 1. The lowest BCUT2D eigenvalue weighted by atomic mass is 9.92. The zero-order valence-corrected chi connectivity index (χ0v) is 15.6. The van der Waals surface area contributed by atoms with Gasteiger partial charge in [0.1, 0.15) is 0 Å². The van der Waals surface area contributed by atoms with Crippen molar-refractivity contribution in [3.8, 4) is 0 Å². The summed E-state index contributed by atoms with van der Waals surface area (Å²) in [5.74, 6) is 0.734. The van der Waals surface area contributed by atoms with Crippen molar-refractivity contribution in [2.45, 2.75) is 26.3 Å². The molecule has 1 heterocycles. The minimum Gasteiger partial charge on any atom is -0.310 e. The summed E-state index contributed by atoms with van der Waals surface area (Å²) in [5, 5.41) is 3.45.